The monoisotopic (exact) mass is 282 g/mol. The van der Waals surface area contributed by atoms with Gasteiger partial charge in [-0.05, 0) is 31.2 Å². The third-order valence-corrected chi connectivity index (χ3v) is 3.48. The third-order valence-electron chi connectivity index (χ3n) is 3.48. The van der Waals surface area contributed by atoms with Crippen LogP contribution in [0.3, 0.4) is 0 Å². The number of aromatic hydroxyl groups is 1. The van der Waals surface area contributed by atoms with Crippen molar-refractivity contribution in [2.45, 2.75) is 6.92 Å². The van der Waals surface area contributed by atoms with Crippen molar-refractivity contribution in [2.75, 3.05) is 7.11 Å². The maximum Gasteiger partial charge on any atom is 0.231 e. The summed E-state index contributed by atoms with van der Waals surface area (Å²) in [6.07, 6.45) is 1.65. The summed E-state index contributed by atoms with van der Waals surface area (Å²) >= 11 is 0. The molecule has 0 unspecified atom stereocenters. The van der Waals surface area contributed by atoms with Gasteiger partial charge in [0.1, 0.15) is 17.2 Å². The first kappa shape index (κ1) is 13.2. The minimum Gasteiger partial charge on any atom is -0.508 e. The molecule has 1 N–H and O–H groups in total. The van der Waals surface area contributed by atoms with Gasteiger partial charge >= 0.3 is 0 Å². The van der Waals surface area contributed by atoms with E-state index in [1.165, 1.54) is 6.07 Å². The van der Waals surface area contributed by atoms with E-state index in [1.807, 2.05) is 24.3 Å². The second-order valence-electron chi connectivity index (χ2n) is 4.77. The van der Waals surface area contributed by atoms with Crippen LogP contribution in [-0.4, -0.2) is 18.0 Å². The standard InChI is InChI=1S/C17H14O4/c1-10-13(18)8-7-12-16(19)15(21-17(10)12)9-11-5-3-4-6-14(11)20-2/h3-9,18H,1-2H3. The number of rotatable bonds is 2. The van der Waals surface area contributed by atoms with Crippen molar-refractivity contribution < 1.29 is 19.4 Å². The van der Waals surface area contributed by atoms with E-state index in [-0.39, 0.29) is 17.3 Å². The minimum atomic E-state index is -0.195. The Morgan fingerprint density at radius 2 is 1.95 bits per heavy atom. The molecule has 1 aliphatic heterocycles. The fourth-order valence-corrected chi connectivity index (χ4v) is 2.30. The number of methoxy groups -OCH3 is 1. The van der Waals surface area contributed by atoms with Gasteiger partial charge in [-0.15, -0.1) is 0 Å². The molecule has 0 bridgehead atoms. The Morgan fingerprint density at radius 1 is 1.19 bits per heavy atom. The predicted molar refractivity (Wildman–Crippen MR) is 78.8 cm³/mol. The number of carbonyl (C=O) groups excluding carboxylic acids is 1. The van der Waals surface area contributed by atoms with Crippen molar-refractivity contribution in [1.82, 2.24) is 0 Å². The van der Waals surface area contributed by atoms with Gasteiger partial charge in [0.05, 0.1) is 12.7 Å². The molecule has 0 radical (unpaired) electrons. The van der Waals surface area contributed by atoms with Crippen LogP contribution in [0.1, 0.15) is 21.5 Å². The fourth-order valence-electron chi connectivity index (χ4n) is 2.30. The molecule has 0 spiro atoms. The van der Waals surface area contributed by atoms with E-state index < -0.39 is 0 Å². The van der Waals surface area contributed by atoms with Crippen molar-refractivity contribution in [1.29, 1.82) is 0 Å². The van der Waals surface area contributed by atoms with Crippen LogP contribution in [0, 0.1) is 6.92 Å². The normalized spacial score (nSPS) is 15.0. The van der Waals surface area contributed by atoms with Gasteiger partial charge in [0.2, 0.25) is 5.78 Å². The number of para-hydroxylation sites is 1. The highest BCUT2D eigenvalue weighted by atomic mass is 16.5. The smallest absolute Gasteiger partial charge is 0.231 e. The van der Waals surface area contributed by atoms with E-state index in [4.69, 9.17) is 9.47 Å². The molecule has 4 nitrogen and oxygen atoms in total. The Morgan fingerprint density at radius 3 is 2.71 bits per heavy atom. The highest BCUT2D eigenvalue weighted by molar-refractivity contribution is 6.15. The van der Waals surface area contributed by atoms with Gasteiger partial charge in [0.25, 0.3) is 0 Å². The number of carbonyl (C=O) groups is 1. The van der Waals surface area contributed by atoms with Crippen molar-refractivity contribution in [3.8, 4) is 17.2 Å². The Bertz CT molecular complexity index is 759. The molecule has 2 aromatic rings. The Hall–Kier alpha value is -2.75. The zero-order valence-corrected chi connectivity index (χ0v) is 11.7. The molecule has 2 aromatic carbocycles. The summed E-state index contributed by atoms with van der Waals surface area (Å²) in [6.45, 7) is 1.72. The Labute approximate surface area is 122 Å². The molecule has 0 aliphatic carbocycles. The molecule has 4 heteroatoms. The minimum absolute atomic E-state index is 0.111. The van der Waals surface area contributed by atoms with E-state index in [9.17, 15) is 9.90 Å². The van der Waals surface area contributed by atoms with Gasteiger partial charge in [-0.25, -0.2) is 0 Å². The summed E-state index contributed by atoms with van der Waals surface area (Å²) in [5, 5.41) is 9.70. The number of hydrogen-bond acceptors (Lipinski definition) is 4. The lowest BCUT2D eigenvalue weighted by Gasteiger charge is -2.05. The first-order valence-electron chi connectivity index (χ1n) is 6.51. The average molecular weight is 282 g/mol. The summed E-state index contributed by atoms with van der Waals surface area (Å²) in [7, 11) is 1.58. The van der Waals surface area contributed by atoms with Crippen molar-refractivity contribution in [3.63, 3.8) is 0 Å². The van der Waals surface area contributed by atoms with Crippen LogP contribution >= 0.6 is 0 Å². The van der Waals surface area contributed by atoms with Crippen LogP contribution in [0.4, 0.5) is 0 Å². The SMILES string of the molecule is COc1ccccc1C=C1Oc2c(ccc(O)c2C)C1=O. The number of fused-ring (bicyclic) bond motifs is 1. The molecule has 106 valence electrons. The molecule has 0 saturated heterocycles. The summed E-state index contributed by atoms with van der Waals surface area (Å²) in [6, 6.07) is 10.4. The number of benzene rings is 2. The van der Waals surface area contributed by atoms with Gasteiger partial charge < -0.3 is 14.6 Å². The number of Topliss-reactive ketones (excluding diaryl/α,β-unsaturated/α-hetero) is 1. The van der Waals surface area contributed by atoms with Crippen molar-refractivity contribution >= 4 is 11.9 Å². The topological polar surface area (TPSA) is 55.8 Å². The van der Waals surface area contributed by atoms with Crippen LogP contribution in [0.15, 0.2) is 42.2 Å². The number of ether oxygens (including phenoxy) is 2. The lowest BCUT2D eigenvalue weighted by Crippen LogP contribution is -1.98. The molecule has 0 aromatic heterocycles. The summed E-state index contributed by atoms with van der Waals surface area (Å²) in [5.74, 6) is 1.22. The highest BCUT2D eigenvalue weighted by Gasteiger charge is 2.29. The zero-order chi connectivity index (χ0) is 15.0. The van der Waals surface area contributed by atoms with E-state index in [0.717, 1.165) is 5.56 Å². The zero-order valence-electron chi connectivity index (χ0n) is 11.7. The predicted octanol–water partition coefficient (Wildman–Crippen LogP) is 3.33. The van der Waals surface area contributed by atoms with Crippen LogP contribution < -0.4 is 9.47 Å². The van der Waals surface area contributed by atoms with E-state index in [1.54, 1.807) is 26.2 Å². The molecule has 0 amide bonds. The molecule has 1 heterocycles. The second kappa shape index (κ2) is 4.98. The number of phenols is 1. The third kappa shape index (κ3) is 2.14. The first-order valence-corrected chi connectivity index (χ1v) is 6.51. The van der Waals surface area contributed by atoms with Gasteiger partial charge in [0.15, 0.2) is 5.76 Å². The van der Waals surface area contributed by atoms with E-state index in [0.29, 0.717) is 22.6 Å². The lowest BCUT2D eigenvalue weighted by atomic mass is 10.1. The summed E-state index contributed by atoms with van der Waals surface area (Å²) in [4.78, 5) is 12.3. The van der Waals surface area contributed by atoms with E-state index in [2.05, 4.69) is 0 Å². The molecule has 0 saturated carbocycles. The van der Waals surface area contributed by atoms with E-state index >= 15 is 0 Å². The van der Waals surface area contributed by atoms with Gasteiger partial charge in [0, 0.05) is 11.1 Å². The van der Waals surface area contributed by atoms with Crippen LogP contribution in [-0.2, 0) is 0 Å². The molecular formula is C17H14O4. The molecule has 0 atom stereocenters. The second-order valence-corrected chi connectivity index (χ2v) is 4.77. The largest absolute Gasteiger partial charge is 0.508 e. The number of ketones is 1. The number of phenolic OH excluding ortho intramolecular Hbond substituents is 1. The van der Waals surface area contributed by atoms with Gasteiger partial charge in [-0.2, -0.15) is 0 Å². The number of hydrogen-bond donors (Lipinski definition) is 1. The highest BCUT2D eigenvalue weighted by Crippen LogP contribution is 2.39. The van der Waals surface area contributed by atoms with Gasteiger partial charge in [-0.3, -0.25) is 4.79 Å². The fraction of sp³-hybridized carbons (Fsp3) is 0.118. The van der Waals surface area contributed by atoms with Crippen molar-refractivity contribution in [2.24, 2.45) is 0 Å². The maximum atomic E-state index is 12.3. The van der Waals surface area contributed by atoms with Crippen molar-refractivity contribution in [3.05, 3.63) is 58.8 Å². The number of allylic oxidation sites excluding steroid dienone is 1. The van der Waals surface area contributed by atoms with Crippen LogP contribution in [0.25, 0.3) is 6.08 Å². The van der Waals surface area contributed by atoms with Gasteiger partial charge in [-0.1, -0.05) is 18.2 Å². The Balaban J connectivity index is 2.05. The molecule has 21 heavy (non-hydrogen) atoms. The first-order chi connectivity index (χ1) is 10.1. The van der Waals surface area contributed by atoms with Crippen LogP contribution in [0.2, 0.25) is 0 Å². The summed E-state index contributed by atoms with van der Waals surface area (Å²) < 4.78 is 10.9. The average Bonchev–Trinajstić information content (AvgIpc) is 2.81. The quantitative estimate of drug-likeness (QED) is 0.858. The molecular weight excluding hydrogens is 268 g/mol. The lowest BCUT2D eigenvalue weighted by molar-refractivity contribution is 0.101. The summed E-state index contributed by atoms with van der Waals surface area (Å²) in [5.41, 5.74) is 1.79. The molecule has 0 fully saturated rings. The van der Waals surface area contributed by atoms with Crippen LogP contribution in [0.5, 0.6) is 17.2 Å². The Kier molecular flexibility index (Phi) is 3.14. The molecule has 3 rings (SSSR count). The molecule has 1 aliphatic rings. The maximum absolute atomic E-state index is 12.3.